The Labute approximate surface area is 122 Å². The van der Waals surface area contributed by atoms with Crippen LogP contribution in [0.15, 0.2) is 48.7 Å². The van der Waals surface area contributed by atoms with Crippen LogP contribution in [0, 0.1) is 0 Å². The van der Waals surface area contributed by atoms with Gasteiger partial charge in [0.15, 0.2) is 0 Å². The molecule has 3 nitrogen and oxygen atoms in total. The molecule has 20 heavy (non-hydrogen) atoms. The summed E-state index contributed by atoms with van der Waals surface area (Å²) in [6.07, 6.45) is 1.59. The number of nitrogens with two attached hydrogens (primary N) is 1. The van der Waals surface area contributed by atoms with E-state index in [1.807, 2.05) is 36.4 Å². The SMILES string of the molecule is COc1cc2ccccc2cc1-c1c(N)ccnc1Cl. The van der Waals surface area contributed by atoms with Crippen molar-refractivity contribution in [2.45, 2.75) is 0 Å². The van der Waals surface area contributed by atoms with Crippen molar-refractivity contribution in [1.82, 2.24) is 4.98 Å². The van der Waals surface area contributed by atoms with E-state index in [0.717, 1.165) is 22.1 Å². The zero-order valence-corrected chi connectivity index (χ0v) is 11.7. The number of hydrogen-bond acceptors (Lipinski definition) is 3. The Morgan fingerprint density at radius 1 is 1.10 bits per heavy atom. The van der Waals surface area contributed by atoms with Gasteiger partial charge in [-0.05, 0) is 29.0 Å². The third-order valence-corrected chi connectivity index (χ3v) is 3.56. The minimum atomic E-state index is 0.374. The molecule has 0 atom stereocenters. The predicted octanol–water partition coefficient (Wildman–Crippen LogP) is 4.15. The smallest absolute Gasteiger partial charge is 0.139 e. The zero-order chi connectivity index (χ0) is 14.1. The van der Waals surface area contributed by atoms with E-state index in [-0.39, 0.29) is 0 Å². The van der Waals surface area contributed by atoms with E-state index in [2.05, 4.69) is 4.98 Å². The molecular formula is C16H13ClN2O. The van der Waals surface area contributed by atoms with Crippen molar-refractivity contribution in [3.05, 3.63) is 53.8 Å². The summed E-state index contributed by atoms with van der Waals surface area (Å²) in [4.78, 5) is 4.10. The number of nitrogen functional groups attached to an aromatic ring is 1. The fourth-order valence-corrected chi connectivity index (χ4v) is 2.57. The van der Waals surface area contributed by atoms with E-state index in [1.165, 1.54) is 0 Å². The maximum atomic E-state index is 6.20. The van der Waals surface area contributed by atoms with Crippen LogP contribution in [0.3, 0.4) is 0 Å². The number of aromatic nitrogens is 1. The summed E-state index contributed by atoms with van der Waals surface area (Å²) in [7, 11) is 1.63. The standard InChI is InChI=1S/C16H13ClN2O/c1-20-14-9-11-5-3-2-4-10(11)8-12(14)15-13(18)6-7-19-16(15)17/h2-9H,1H3,(H2,18,19). The molecule has 0 aliphatic rings. The molecule has 0 aliphatic carbocycles. The number of ether oxygens (including phenoxy) is 1. The van der Waals surface area contributed by atoms with Crippen LogP contribution in [0.25, 0.3) is 21.9 Å². The molecule has 2 aromatic carbocycles. The number of methoxy groups -OCH3 is 1. The highest BCUT2D eigenvalue weighted by molar-refractivity contribution is 6.33. The van der Waals surface area contributed by atoms with Gasteiger partial charge in [0.25, 0.3) is 0 Å². The van der Waals surface area contributed by atoms with Gasteiger partial charge in [-0.2, -0.15) is 0 Å². The van der Waals surface area contributed by atoms with Crippen LogP contribution in [0.5, 0.6) is 5.75 Å². The van der Waals surface area contributed by atoms with E-state index in [1.54, 1.807) is 19.4 Å². The van der Waals surface area contributed by atoms with Gasteiger partial charge in [0, 0.05) is 23.0 Å². The Kier molecular flexibility index (Phi) is 3.20. The Morgan fingerprint density at radius 2 is 1.80 bits per heavy atom. The van der Waals surface area contributed by atoms with Crippen molar-refractivity contribution in [1.29, 1.82) is 0 Å². The third-order valence-electron chi connectivity index (χ3n) is 3.27. The van der Waals surface area contributed by atoms with Gasteiger partial charge in [-0.15, -0.1) is 0 Å². The molecule has 0 unspecified atom stereocenters. The van der Waals surface area contributed by atoms with Gasteiger partial charge < -0.3 is 10.5 Å². The van der Waals surface area contributed by atoms with Crippen LogP contribution in [-0.2, 0) is 0 Å². The zero-order valence-electron chi connectivity index (χ0n) is 10.9. The molecule has 0 fully saturated rings. The lowest BCUT2D eigenvalue weighted by Gasteiger charge is -2.13. The molecule has 0 amide bonds. The first kappa shape index (κ1) is 12.8. The van der Waals surface area contributed by atoms with Gasteiger partial charge in [-0.1, -0.05) is 35.9 Å². The van der Waals surface area contributed by atoms with Crippen molar-refractivity contribution in [2.75, 3.05) is 12.8 Å². The molecule has 4 heteroatoms. The number of halogens is 1. The summed E-state index contributed by atoms with van der Waals surface area (Å²) in [5, 5.41) is 2.58. The topological polar surface area (TPSA) is 48.1 Å². The lowest BCUT2D eigenvalue weighted by Crippen LogP contribution is -1.95. The van der Waals surface area contributed by atoms with Crippen molar-refractivity contribution in [3.63, 3.8) is 0 Å². The fourth-order valence-electron chi connectivity index (χ4n) is 2.30. The molecule has 1 heterocycles. The minimum absolute atomic E-state index is 0.374. The maximum absolute atomic E-state index is 6.20. The van der Waals surface area contributed by atoms with Crippen LogP contribution in [-0.4, -0.2) is 12.1 Å². The molecule has 0 spiro atoms. The number of benzene rings is 2. The van der Waals surface area contributed by atoms with Gasteiger partial charge in [-0.25, -0.2) is 4.98 Å². The highest BCUT2D eigenvalue weighted by Gasteiger charge is 2.14. The van der Waals surface area contributed by atoms with E-state index >= 15 is 0 Å². The Balaban J connectivity index is 2.35. The predicted molar refractivity (Wildman–Crippen MR) is 83.2 cm³/mol. The summed E-state index contributed by atoms with van der Waals surface area (Å²) in [6, 6.07) is 13.8. The molecule has 3 rings (SSSR count). The number of rotatable bonds is 2. The van der Waals surface area contributed by atoms with Crippen molar-refractivity contribution in [2.24, 2.45) is 0 Å². The molecule has 0 radical (unpaired) electrons. The number of pyridine rings is 1. The summed E-state index contributed by atoms with van der Waals surface area (Å²) in [6.45, 7) is 0. The molecule has 1 aromatic heterocycles. The van der Waals surface area contributed by atoms with Gasteiger partial charge >= 0.3 is 0 Å². The monoisotopic (exact) mass is 284 g/mol. The molecule has 0 saturated carbocycles. The average molecular weight is 285 g/mol. The van der Waals surface area contributed by atoms with E-state index < -0.39 is 0 Å². The number of fused-ring (bicyclic) bond motifs is 1. The van der Waals surface area contributed by atoms with E-state index in [9.17, 15) is 0 Å². The second kappa shape index (κ2) is 5.02. The summed E-state index contributed by atoms with van der Waals surface area (Å²) in [5.74, 6) is 0.727. The normalized spacial score (nSPS) is 10.7. The van der Waals surface area contributed by atoms with Crippen molar-refractivity contribution < 1.29 is 4.74 Å². The fraction of sp³-hybridized carbons (Fsp3) is 0.0625. The Hall–Kier alpha value is -2.26. The second-order valence-electron chi connectivity index (χ2n) is 4.47. The van der Waals surface area contributed by atoms with Gasteiger partial charge in [-0.3, -0.25) is 0 Å². The maximum Gasteiger partial charge on any atom is 0.139 e. The lowest BCUT2D eigenvalue weighted by atomic mass is 10.00. The van der Waals surface area contributed by atoms with Crippen molar-refractivity contribution in [3.8, 4) is 16.9 Å². The third kappa shape index (κ3) is 2.06. The second-order valence-corrected chi connectivity index (χ2v) is 4.82. The Bertz CT molecular complexity index is 766. The van der Waals surface area contributed by atoms with Crippen LogP contribution < -0.4 is 10.5 Å². The highest BCUT2D eigenvalue weighted by atomic mass is 35.5. The van der Waals surface area contributed by atoms with Crippen LogP contribution >= 0.6 is 11.6 Å². The molecule has 100 valence electrons. The number of anilines is 1. The van der Waals surface area contributed by atoms with Crippen LogP contribution in [0.1, 0.15) is 0 Å². The minimum Gasteiger partial charge on any atom is -0.496 e. The van der Waals surface area contributed by atoms with Crippen LogP contribution in [0.4, 0.5) is 5.69 Å². The van der Waals surface area contributed by atoms with Gasteiger partial charge in [0.2, 0.25) is 0 Å². The first-order valence-corrected chi connectivity index (χ1v) is 6.55. The molecule has 0 saturated heterocycles. The number of nitrogens with zero attached hydrogens (tertiary/aromatic N) is 1. The number of hydrogen-bond donors (Lipinski definition) is 1. The van der Waals surface area contributed by atoms with Gasteiger partial charge in [0.1, 0.15) is 10.9 Å². The average Bonchev–Trinajstić information content (AvgIpc) is 2.46. The lowest BCUT2D eigenvalue weighted by molar-refractivity contribution is 0.417. The first-order valence-electron chi connectivity index (χ1n) is 6.18. The van der Waals surface area contributed by atoms with Crippen molar-refractivity contribution >= 4 is 28.1 Å². The van der Waals surface area contributed by atoms with Gasteiger partial charge in [0.05, 0.1) is 7.11 Å². The molecule has 2 N–H and O–H groups in total. The Morgan fingerprint density at radius 3 is 2.45 bits per heavy atom. The quantitative estimate of drug-likeness (QED) is 0.719. The van der Waals surface area contributed by atoms with Crippen LogP contribution in [0.2, 0.25) is 5.15 Å². The largest absolute Gasteiger partial charge is 0.496 e. The molecule has 0 bridgehead atoms. The molecule has 3 aromatic rings. The van der Waals surface area contributed by atoms with E-state index in [0.29, 0.717) is 16.4 Å². The van der Waals surface area contributed by atoms with E-state index in [4.69, 9.17) is 22.1 Å². The summed E-state index contributed by atoms with van der Waals surface area (Å²) in [5.41, 5.74) is 8.18. The molecule has 0 aliphatic heterocycles. The molecular weight excluding hydrogens is 272 g/mol. The summed E-state index contributed by atoms with van der Waals surface area (Å²) < 4.78 is 5.48. The first-order chi connectivity index (χ1) is 9.70. The highest BCUT2D eigenvalue weighted by Crippen LogP contribution is 2.39. The summed E-state index contributed by atoms with van der Waals surface area (Å²) >= 11 is 6.20.